The van der Waals surface area contributed by atoms with Gasteiger partial charge in [0.15, 0.2) is 0 Å². The molecule has 3 heteroatoms. The molecular weight excluding hydrogens is 248 g/mol. The lowest BCUT2D eigenvalue weighted by Crippen LogP contribution is -2.34. The molecule has 1 N–H and O–H groups in total. The summed E-state index contributed by atoms with van der Waals surface area (Å²) in [6.45, 7) is 4.94. The fraction of sp³-hybridized carbons (Fsp3) is 0.588. The van der Waals surface area contributed by atoms with Gasteiger partial charge in [-0.2, -0.15) is 0 Å². The number of nitrogens with one attached hydrogen (secondary N) is 1. The van der Waals surface area contributed by atoms with Crippen LogP contribution in [0.3, 0.4) is 0 Å². The van der Waals surface area contributed by atoms with Crippen LogP contribution in [0, 0.1) is 5.92 Å². The fourth-order valence-corrected chi connectivity index (χ4v) is 3.08. The van der Waals surface area contributed by atoms with Crippen LogP contribution in [0.4, 0.5) is 5.69 Å². The van der Waals surface area contributed by atoms with Crippen molar-refractivity contribution in [2.75, 3.05) is 25.0 Å². The molecular formula is C17H24N2O. The van der Waals surface area contributed by atoms with E-state index in [9.17, 15) is 4.79 Å². The molecule has 3 nitrogen and oxygen atoms in total. The van der Waals surface area contributed by atoms with E-state index in [0.717, 1.165) is 32.0 Å². The van der Waals surface area contributed by atoms with Gasteiger partial charge < -0.3 is 10.2 Å². The maximum Gasteiger partial charge on any atom is 0.223 e. The molecule has 20 heavy (non-hydrogen) atoms. The first-order valence-electron chi connectivity index (χ1n) is 7.88. The predicted octanol–water partition coefficient (Wildman–Crippen LogP) is 3.23. The molecule has 0 aromatic heterocycles. The minimum atomic E-state index is 0.335. The summed E-state index contributed by atoms with van der Waals surface area (Å²) in [5.74, 6) is 1.46. The van der Waals surface area contributed by atoms with Crippen molar-refractivity contribution in [1.29, 1.82) is 0 Å². The second-order valence-electron chi connectivity index (χ2n) is 6.15. The number of anilines is 1. The van der Waals surface area contributed by atoms with Crippen molar-refractivity contribution in [2.24, 2.45) is 5.92 Å². The zero-order valence-corrected chi connectivity index (χ0v) is 12.3. The number of para-hydroxylation sites is 1. The Morgan fingerprint density at radius 2 is 2.15 bits per heavy atom. The van der Waals surface area contributed by atoms with E-state index in [4.69, 9.17) is 0 Å². The number of carbonyl (C=O) groups is 1. The Hall–Kier alpha value is -1.51. The maximum atomic E-state index is 12.6. The van der Waals surface area contributed by atoms with Crippen LogP contribution in [0.1, 0.15) is 44.1 Å². The molecule has 1 heterocycles. The van der Waals surface area contributed by atoms with E-state index in [1.807, 2.05) is 6.07 Å². The molecule has 1 atom stereocenters. The molecule has 0 radical (unpaired) electrons. The van der Waals surface area contributed by atoms with E-state index in [-0.39, 0.29) is 0 Å². The molecule has 1 aliphatic carbocycles. The molecule has 1 aromatic rings. The summed E-state index contributed by atoms with van der Waals surface area (Å²) in [5.41, 5.74) is 2.51. The van der Waals surface area contributed by atoms with E-state index >= 15 is 0 Å². The molecule has 1 aliphatic heterocycles. The van der Waals surface area contributed by atoms with Gasteiger partial charge in [0.2, 0.25) is 5.91 Å². The monoisotopic (exact) mass is 272 g/mol. The van der Waals surface area contributed by atoms with Gasteiger partial charge in [-0.3, -0.25) is 4.79 Å². The third-order valence-corrected chi connectivity index (χ3v) is 4.38. The first-order chi connectivity index (χ1) is 9.78. The zero-order chi connectivity index (χ0) is 13.9. The fourth-order valence-electron chi connectivity index (χ4n) is 3.08. The van der Waals surface area contributed by atoms with Gasteiger partial charge in [0.1, 0.15) is 0 Å². The van der Waals surface area contributed by atoms with Gasteiger partial charge in [0, 0.05) is 37.7 Å². The number of rotatable bonds is 6. The summed E-state index contributed by atoms with van der Waals surface area (Å²) in [4.78, 5) is 14.7. The van der Waals surface area contributed by atoms with Gasteiger partial charge in [0.25, 0.3) is 0 Å². The summed E-state index contributed by atoms with van der Waals surface area (Å²) < 4.78 is 0. The van der Waals surface area contributed by atoms with Crippen molar-refractivity contribution in [3.05, 3.63) is 29.8 Å². The zero-order valence-electron chi connectivity index (χ0n) is 12.3. The number of amides is 1. The van der Waals surface area contributed by atoms with Crippen molar-refractivity contribution in [1.82, 2.24) is 4.90 Å². The minimum absolute atomic E-state index is 0.335. The SMILES string of the molecule is CCCN(CC1CC1)C(=O)CC1CNc2ccccc21. The van der Waals surface area contributed by atoms with E-state index in [2.05, 4.69) is 35.3 Å². The second-order valence-corrected chi connectivity index (χ2v) is 6.15. The average molecular weight is 272 g/mol. The standard InChI is InChI=1S/C17H24N2O/c1-2-9-19(12-13-7-8-13)17(20)10-14-11-18-16-6-4-3-5-15(14)16/h3-6,13-14,18H,2,7-12H2,1H3. The molecule has 0 bridgehead atoms. The first kappa shape index (κ1) is 13.5. The Labute approximate surface area is 121 Å². The van der Waals surface area contributed by atoms with Crippen LogP contribution in [0.5, 0.6) is 0 Å². The van der Waals surface area contributed by atoms with Gasteiger partial charge >= 0.3 is 0 Å². The molecule has 1 fully saturated rings. The Balaban J connectivity index is 1.62. The average Bonchev–Trinajstić information content (AvgIpc) is 3.19. The maximum absolute atomic E-state index is 12.6. The van der Waals surface area contributed by atoms with Crippen molar-refractivity contribution in [3.8, 4) is 0 Å². The molecule has 1 amide bonds. The second kappa shape index (κ2) is 5.86. The Kier molecular flexibility index (Phi) is 3.95. The molecule has 3 rings (SSSR count). The van der Waals surface area contributed by atoms with Crippen LogP contribution in [-0.4, -0.2) is 30.4 Å². The highest BCUT2D eigenvalue weighted by Crippen LogP contribution is 2.34. The molecule has 108 valence electrons. The number of hydrogen-bond acceptors (Lipinski definition) is 2. The molecule has 0 saturated heterocycles. The third kappa shape index (κ3) is 2.97. The van der Waals surface area contributed by atoms with E-state index in [0.29, 0.717) is 18.2 Å². The number of nitrogens with zero attached hydrogens (tertiary/aromatic N) is 1. The number of hydrogen-bond donors (Lipinski definition) is 1. The van der Waals surface area contributed by atoms with Crippen LogP contribution >= 0.6 is 0 Å². The molecule has 1 unspecified atom stereocenters. The highest BCUT2D eigenvalue weighted by molar-refractivity contribution is 5.78. The summed E-state index contributed by atoms with van der Waals surface area (Å²) >= 11 is 0. The number of benzene rings is 1. The van der Waals surface area contributed by atoms with Gasteiger partial charge in [-0.25, -0.2) is 0 Å². The van der Waals surface area contributed by atoms with Crippen molar-refractivity contribution < 1.29 is 4.79 Å². The topological polar surface area (TPSA) is 32.3 Å². The normalized spacial score (nSPS) is 20.4. The lowest BCUT2D eigenvalue weighted by Gasteiger charge is -2.23. The minimum Gasteiger partial charge on any atom is -0.384 e. The highest BCUT2D eigenvalue weighted by atomic mass is 16.2. The van der Waals surface area contributed by atoms with Gasteiger partial charge in [0.05, 0.1) is 0 Å². The lowest BCUT2D eigenvalue weighted by atomic mass is 9.97. The highest BCUT2D eigenvalue weighted by Gasteiger charge is 2.29. The molecule has 2 aliphatic rings. The predicted molar refractivity (Wildman–Crippen MR) is 81.9 cm³/mol. The van der Waals surface area contributed by atoms with Crippen molar-refractivity contribution in [2.45, 2.75) is 38.5 Å². The molecule has 1 aromatic carbocycles. The number of carbonyl (C=O) groups excluding carboxylic acids is 1. The van der Waals surface area contributed by atoms with Crippen molar-refractivity contribution >= 4 is 11.6 Å². The van der Waals surface area contributed by atoms with Crippen LogP contribution in [0.25, 0.3) is 0 Å². The van der Waals surface area contributed by atoms with E-state index in [1.54, 1.807) is 0 Å². The summed E-state index contributed by atoms with van der Waals surface area (Å²) in [6.07, 6.45) is 4.32. The van der Waals surface area contributed by atoms with Gasteiger partial charge in [-0.05, 0) is 36.8 Å². The summed E-state index contributed by atoms with van der Waals surface area (Å²) in [5, 5.41) is 3.41. The quantitative estimate of drug-likeness (QED) is 0.862. The Bertz CT molecular complexity index is 482. The smallest absolute Gasteiger partial charge is 0.223 e. The van der Waals surface area contributed by atoms with E-state index in [1.165, 1.54) is 24.1 Å². The van der Waals surface area contributed by atoms with Crippen LogP contribution < -0.4 is 5.32 Å². The molecule has 0 spiro atoms. The largest absolute Gasteiger partial charge is 0.384 e. The first-order valence-corrected chi connectivity index (χ1v) is 7.88. The van der Waals surface area contributed by atoms with Gasteiger partial charge in [-0.1, -0.05) is 25.1 Å². The van der Waals surface area contributed by atoms with E-state index < -0.39 is 0 Å². The van der Waals surface area contributed by atoms with Crippen LogP contribution in [0.2, 0.25) is 0 Å². The number of fused-ring (bicyclic) bond motifs is 1. The molecule has 1 saturated carbocycles. The van der Waals surface area contributed by atoms with Crippen LogP contribution in [-0.2, 0) is 4.79 Å². The summed E-state index contributed by atoms with van der Waals surface area (Å²) in [7, 11) is 0. The van der Waals surface area contributed by atoms with Gasteiger partial charge in [-0.15, -0.1) is 0 Å². The van der Waals surface area contributed by atoms with Crippen LogP contribution in [0.15, 0.2) is 24.3 Å². The Morgan fingerprint density at radius 3 is 2.90 bits per heavy atom. The lowest BCUT2D eigenvalue weighted by molar-refractivity contribution is -0.131. The Morgan fingerprint density at radius 1 is 1.35 bits per heavy atom. The summed E-state index contributed by atoms with van der Waals surface area (Å²) in [6, 6.07) is 8.37. The third-order valence-electron chi connectivity index (χ3n) is 4.38. The van der Waals surface area contributed by atoms with Crippen molar-refractivity contribution in [3.63, 3.8) is 0 Å².